The normalized spacial score (nSPS) is 10.7. The molecule has 0 saturated carbocycles. The van der Waals surface area contributed by atoms with Crippen molar-refractivity contribution in [2.24, 2.45) is 0 Å². The summed E-state index contributed by atoms with van der Waals surface area (Å²) in [6, 6.07) is 13.2. The second kappa shape index (κ2) is 8.26. The molecule has 2 rings (SSSR count). The summed E-state index contributed by atoms with van der Waals surface area (Å²) in [5.74, 6) is 0.396. The smallest absolute Gasteiger partial charge is 0.213 e. The molecular weight excluding hydrogens is 280 g/mol. The van der Waals surface area contributed by atoms with Gasteiger partial charge in [0.25, 0.3) is 0 Å². The molecule has 1 aromatic carbocycles. The van der Waals surface area contributed by atoms with Crippen molar-refractivity contribution >= 4 is 5.78 Å². The van der Waals surface area contributed by atoms with Gasteiger partial charge < -0.3 is 9.84 Å². The molecule has 0 spiro atoms. The van der Waals surface area contributed by atoms with E-state index in [-0.39, 0.29) is 18.9 Å². The number of carbonyl (C=O) groups excluding carboxylic acids is 1. The summed E-state index contributed by atoms with van der Waals surface area (Å²) < 4.78 is 5.04. The van der Waals surface area contributed by atoms with Gasteiger partial charge in [0, 0.05) is 30.9 Å². The summed E-state index contributed by atoms with van der Waals surface area (Å²) >= 11 is 0. The van der Waals surface area contributed by atoms with Gasteiger partial charge in [-0.2, -0.15) is 0 Å². The third-order valence-corrected chi connectivity index (χ3v) is 3.30. The monoisotopic (exact) mass is 300 g/mol. The fourth-order valence-electron chi connectivity index (χ4n) is 2.19. The van der Waals surface area contributed by atoms with E-state index in [4.69, 9.17) is 4.74 Å². The molecular formula is C17H20N2O3. The first-order valence-corrected chi connectivity index (χ1v) is 7.13. The van der Waals surface area contributed by atoms with E-state index >= 15 is 0 Å². The van der Waals surface area contributed by atoms with E-state index in [1.807, 2.05) is 35.2 Å². The number of hydrogen-bond acceptors (Lipinski definition) is 5. The van der Waals surface area contributed by atoms with Gasteiger partial charge in [0.1, 0.15) is 0 Å². The maximum atomic E-state index is 12.4. The van der Waals surface area contributed by atoms with E-state index < -0.39 is 0 Å². The van der Waals surface area contributed by atoms with Crippen molar-refractivity contribution in [3.8, 4) is 5.88 Å². The van der Waals surface area contributed by atoms with Gasteiger partial charge in [0.2, 0.25) is 5.88 Å². The lowest BCUT2D eigenvalue weighted by atomic mass is 10.1. The number of ketones is 1. The Morgan fingerprint density at radius 3 is 2.73 bits per heavy atom. The summed E-state index contributed by atoms with van der Waals surface area (Å²) in [5.41, 5.74) is 1.67. The van der Waals surface area contributed by atoms with E-state index in [2.05, 4.69) is 4.98 Å². The van der Waals surface area contributed by atoms with Crippen LogP contribution in [0.5, 0.6) is 5.88 Å². The van der Waals surface area contributed by atoms with E-state index in [1.54, 1.807) is 18.3 Å². The molecule has 0 aliphatic heterocycles. The van der Waals surface area contributed by atoms with Crippen LogP contribution in [0.15, 0.2) is 48.7 Å². The van der Waals surface area contributed by atoms with Crippen molar-refractivity contribution in [2.75, 3.05) is 26.8 Å². The molecule has 1 heterocycles. The molecule has 0 saturated heterocycles. The molecule has 0 amide bonds. The summed E-state index contributed by atoms with van der Waals surface area (Å²) in [5, 5.41) is 9.20. The van der Waals surface area contributed by atoms with Crippen molar-refractivity contribution in [3.05, 3.63) is 59.8 Å². The first kappa shape index (κ1) is 16.1. The summed E-state index contributed by atoms with van der Waals surface area (Å²) in [6.07, 6.45) is 1.56. The zero-order chi connectivity index (χ0) is 15.8. The molecule has 0 fully saturated rings. The maximum Gasteiger partial charge on any atom is 0.213 e. The highest BCUT2D eigenvalue weighted by molar-refractivity contribution is 5.97. The highest BCUT2D eigenvalue weighted by atomic mass is 16.5. The number of aliphatic hydroxyl groups is 1. The quantitative estimate of drug-likeness (QED) is 0.753. The third kappa shape index (κ3) is 4.65. The van der Waals surface area contributed by atoms with Crippen LogP contribution in [0, 0.1) is 0 Å². The topological polar surface area (TPSA) is 62.7 Å². The van der Waals surface area contributed by atoms with Crippen LogP contribution in [0.4, 0.5) is 0 Å². The van der Waals surface area contributed by atoms with Gasteiger partial charge in [-0.3, -0.25) is 9.69 Å². The van der Waals surface area contributed by atoms with Gasteiger partial charge in [-0.05, 0) is 11.6 Å². The van der Waals surface area contributed by atoms with Crippen molar-refractivity contribution in [2.45, 2.75) is 6.54 Å². The lowest BCUT2D eigenvalue weighted by Gasteiger charge is -2.20. The standard InChI is InChI=1S/C17H20N2O3/c1-22-17-11-15(7-8-18-17)16(21)13-19(9-10-20)12-14-5-3-2-4-6-14/h2-8,11,20H,9-10,12-13H2,1H3. The Morgan fingerprint density at radius 1 is 1.27 bits per heavy atom. The van der Waals surface area contributed by atoms with Crippen molar-refractivity contribution < 1.29 is 14.6 Å². The van der Waals surface area contributed by atoms with E-state index in [9.17, 15) is 9.90 Å². The number of methoxy groups -OCH3 is 1. The van der Waals surface area contributed by atoms with Crippen LogP contribution in [0.1, 0.15) is 15.9 Å². The molecule has 5 heteroatoms. The highest BCUT2D eigenvalue weighted by Crippen LogP contribution is 2.11. The zero-order valence-corrected chi connectivity index (χ0v) is 12.6. The van der Waals surface area contributed by atoms with Crippen LogP contribution in [0.25, 0.3) is 0 Å². The third-order valence-electron chi connectivity index (χ3n) is 3.30. The number of aromatic nitrogens is 1. The van der Waals surface area contributed by atoms with Gasteiger partial charge in [0.15, 0.2) is 5.78 Å². The first-order chi connectivity index (χ1) is 10.7. The molecule has 116 valence electrons. The predicted octanol–water partition coefficient (Wildman–Crippen LogP) is 1.77. The molecule has 0 atom stereocenters. The Balaban J connectivity index is 2.04. The van der Waals surface area contributed by atoms with Gasteiger partial charge in [-0.25, -0.2) is 4.98 Å². The number of nitrogens with zero attached hydrogens (tertiary/aromatic N) is 2. The average Bonchev–Trinajstić information content (AvgIpc) is 2.56. The van der Waals surface area contributed by atoms with Crippen LogP contribution in [0.3, 0.4) is 0 Å². The Morgan fingerprint density at radius 2 is 2.05 bits per heavy atom. The maximum absolute atomic E-state index is 12.4. The minimum atomic E-state index is -0.0231. The molecule has 0 radical (unpaired) electrons. The van der Waals surface area contributed by atoms with Gasteiger partial charge in [0.05, 0.1) is 20.3 Å². The van der Waals surface area contributed by atoms with Crippen LogP contribution in [-0.4, -0.2) is 47.6 Å². The van der Waals surface area contributed by atoms with Gasteiger partial charge >= 0.3 is 0 Å². The molecule has 2 aromatic rings. The van der Waals surface area contributed by atoms with Crippen LogP contribution < -0.4 is 4.74 Å². The second-order valence-electron chi connectivity index (χ2n) is 4.93. The van der Waals surface area contributed by atoms with Crippen LogP contribution in [-0.2, 0) is 6.54 Å². The largest absolute Gasteiger partial charge is 0.481 e. The first-order valence-electron chi connectivity index (χ1n) is 7.13. The number of hydrogen-bond donors (Lipinski definition) is 1. The SMILES string of the molecule is COc1cc(C(=O)CN(CCO)Cc2ccccc2)ccn1. The number of carbonyl (C=O) groups is 1. The van der Waals surface area contributed by atoms with E-state index in [1.165, 1.54) is 7.11 Å². The van der Waals surface area contributed by atoms with Gasteiger partial charge in [-0.1, -0.05) is 30.3 Å². The molecule has 5 nitrogen and oxygen atoms in total. The number of ether oxygens (including phenoxy) is 1. The Labute approximate surface area is 130 Å². The molecule has 0 bridgehead atoms. The lowest BCUT2D eigenvalue weighted by molar-refractivity contribution is 0.0908. The molecule has 22 heavy (non-hydrogen) atoms. The zero-order valence-electron chi connectivity index (χ0n) is 12.6. The van der Waals surface area contributed by atoms with Gasteiger partial charge in [-0.15, -0.1) is 0 Å². The van der Waals surface area contributed by atoms with Crippen molar-refractivity contribution in [1.29, 1.82) is 0 Å². The van der Waals surface area contributed by atoms with Crippen LogP contribution in [0.2, 0.25) is 0 Å². The molecule has 0 aliphatic carbocycles. The minimum Gasteiger partial charge on any atom is -0.481 e. The number of benzene rings is 1. The summed E-state index contributed by atoms with van der Waals surface area (Å²) in [7, 11) is 1.52. The summed E-state index contributed by atoms with van der Waals surface area (Å²) in [4.78, 5) is 18.3. The number of pyridine rings is 1. The Bertz CT molecular complexity index is 602. The van der Waals surface area contributed by atoms with Crippen LogP contribution >= 0.6 is 0 Å². The minimum absolute atomic E-state index is 0.0137. The van der Waals surface area contributed by atoms with E-state index in [0.717, 1.165) is 5.56 Å². The average molecular weight is 300 g/mol. The second-order valence-corrected chi connectivity index (χ2v) is 4.93. The Hall–Kier alpha value is -2.24. The van der Waals surface area contributed by atoms with E-state index in [0.29, 0.717) is 24.5 Å². The Kier molecular flexibility index (Phi) is 6.06. The van der Waals surface area contributed by atoms with Crippen molar-refractivity contribution in [1.82, 2.24) is 9.88 Å². The fourth-order valence-corrected chi connectivity index (χ4v) is 2.19. The highest BCUT2D eigenvalue weighted by Gasteiger charge is 2.13. The van der Waals surface area contributed by atoms with Crippen molar-refractivity contribution in [3.63, 3.8) is 0 Å². The fraction of sp³-hybridized carbons (Fsp3) is 0.294. The number of Topliss-reactive ketones (excluding diaryl/α,β-unsaturated/α-hetero) is 1. The molecule has 0 unspecified atom stereocenters. The molecule has 1 aromatic heterocycles. The molecule has 0 aliphatic rings. The number of aliphatic hydroxyl groups excluding tert-OH is 1. The predicted molar refractivity (Wildman–Crippen MR) is 83.9 cm³/mol. The molecule has 1 N–H and O–H groups in total. The lowest BCUT2D eigenvalue weighted by Crippen LogP contribution is -2.32. The summed E-state index contributed by atoms with van der Waals surface area (Å²) in [6.45, 7) is 1.32. The number of rotatable bonds is 8.